The molecule has 0 saturated carbocycles. The maximum absolute atomic E-state index is 12.8. The predicted molar refractivity (Wildman–Crippen MR) is 110 cm³/mol. The number of Topliss-reactive ketones (excluding diaryl/α,β-unsaturated/α-hetero) is 1. The number of nitrogens with zero attached hydrogens (tertiary/aromatic N) is 1. The second kappa shape index (κ2) is 10.8. The molecule has 0 aliphatic carbocycles. The SMILES string of the molecule is CC(=O)c1ccc(S(=O)(=O)NCCC(=O)N(C)CCCOc2ccc(F)cc2)cc1. The van der Waals surface area contributed by atoms with Crippen LogP contribution in [0.5, 0.6) is 5.75 Å². The van der Waals surface area contributed by atoms with Gasteiger partial charge in [0.2, 0.25) is 15.9 Å². The van der Waals surface area contributed by atoms with Crippen LogP contribution in [0.25, 0.3) is 0 Å². The third-order valence-corrected chi connectivity index (χ3v) is 5.83. The van der Waals surface area contributed by atoms with Gasteiger partial charge in [0.15, 0.2) is 5.78 Å². The molecular formula is C21H25FN2O5S. The summed E-state index contributed by atoms with van der Waals surface area (Å²) in [6, 6.07) is 11.3. The Balaban J connectivity index is 1.70. The first kappa shape index (κ1) is 23.5. The van der Waals surface area contributed by atoms with Crippen LogP contribution in [0.15, 0.2) is 53.4 Å². The fourth-order valence-electron chi connectivity index (χ4n) is 2.58. The van der Waals surface area contributed by atoms with Crippen molar-refractivity contribution in [1.82, 2.24) is 9.62 Å². The van der Waals surface area contributed by atoms with Crippen molar-refractivity contribution in [3.63, 3.8) is 0 Å². The number of hydrogen-bond acceptors (Lipinski definition) is 5. The van der Waals surface area contributed by atoms with Crippen molar-refractivity contribution < 1.29 is 27.1 Å². The fourth-order valence-corrected chi connectivity index (χ4v) is 3.61. The molecule has 2 aromatic carbocycles. The Morgan fingerprint density at radius 1 is 1.07 bits per heavy atom. The third kappa shape index (κ3) is 7.23. The minimum Gasteiger partial charge on any atom is -0.494 e. The van der Waals surface area contributed by atoms with Crippen LogP contribution in [0, 0.1) is 5.82 Å². The van der Waals surface area contributed by atoms with Crippen LogP contribution in [0.3, 0.4) is 0 Å². The summed E-state index contributed by atoms with van der Waals surface area (Å²) in [5.74, 6) is -0.137. The van der Waals surface area contributed by atoms with E-state index in [1.165, 1.54) is 60.4 Å². The monoisotopic (exact) mass is 436 g/mol. The number of hydrogen-bond donors (Lipinski definition) is 1. The van der Waals surface area contributed by atoms with E-state index in [2.05, 4.69) is 4.72 Å². The highest BCUT2D eigenvalue weighted by Gasteiger charge is 2.16. The molecule has 0 saturated heterocycles. The lowest BCUT2D eigenvalue weighted by Gasteiger charge is -2.17. The Bertz CT molecular complexity index is 960. The van der Waals surface area contributed by atoms with E-state index in [9.17, 15) is 22.4 Å². The van der Waals surface area contributed by atoms with Gasteiger partial charge in [-0.3, -0.25) is 9.59 Å². The number of sulfonamides is 1. The summed E-state index contributed by atoms with van der Waals surface area (Å²) in [6.07, 6.45) is 0.591. The first-order valence-electron chi connectivity index (χ1n) is 9.42. The average Bonchev–Trinajstić information content (AvgIpc) is 2.72. The molecule has 0 heterocycles. The average molecular weight is 437 g/mol. The molecule has 2 aromatic rings. The van der Waals surface area contributed by atoms with Crippen molar-refractivity contribution in [3.8, 4) is 5.75 Å². The lowest BCUT2D eigenvalue weighted by Crippen LogP contribution is -2.33. The molecule has 0 aliphatic rings. The van der Waals surface area contributed by atoms with Crippen molar-refractivity contribution in [1.29, 1.82) is 0 Å². The third-order valence-electron chi connectivity index (χ3n) is 4.35. The van der Waals surface area contributed by atoms with Crippen molar-refractivity contribution in [2.24, 2.45) is 0 Å². The van der Waals surface area contributed by atoms with E-state index in [4.69, 9.17) is 4.74 Å². The van der Waals surface area contributed by atoms with Gasteiger partial charge in [0.05, 0.1) is 11.5 Å². The summed E-state index contributed by atoms with van der Waals surface area (Å²) in [4.78, 5) is 25.0. The van der Waals surface area contributed by atoms with Gasteiger partial charge in [-0.2, -0.15) is 0 Å². The molecule has 0 atom stereocenters. The Kier molecular flexibility index (Phi) is 8.49. The zero-order chi connectivity index (χ0) is 22.1. The molecule has 162 valence electrons. The lowest BCUT2D eigenvalue weighted by atomic mass is 10.2. The molecule has 0 aromatic heterocycles. The fraction of sp³-hybridized carbons (Fsp3) is 0.333. The highest BCUT2D eigenvalue weighted by atomic mass is 32.2. The highest BCUT2D eigenvalue weighted by molar-refractivity contribution is 7.89. The van der Waals surface area contributed by atoms with Crippen molar-refractivity contribution in [3.05, 3.63) is 59.9 Å². The molecular weight excluding hydrogens is 411 g/mol. The van der Waals surface area contributed by atoms with Crippen LogP contribution in [0.2, 0.25) is 0 Å². The molecule has 1 N–H and O–H groups in total. The standard InChI is InChI=1S/C21H25FN2O5S/c1-16(25)17-4-10-20(11-5-17)30(27,28)23-13-12-21(26)24(2)14-3-15-29-19-8-6-18(22)7-9-19/h4-11,23H,3,12-15H2,1-2H3. The molecule has 1 amide bonds. The second-order valence-corrected chi connectivity index (χ2v) is 8.47. The minimum absolute atomic E-state index is 0.0140. The van der Waals surface area contributed by atoms with Gasteiger partial charge >= 0.3 is 0 Å². The molecule has 0 bridgehead atoms. The summed E-state index contributed by atoms with van der Waals surface area (Å²) in [5.41, 5.74) is 0.425. The molecule has 2 rings (SSSR count). The van der Waals surface area contributed by atoms with Gasteiger partial charge in [-0.05, 0) is 49.7 Å². The van der Waals surface area contributed by atoms with Crippen LogP contribution >= 0.6 is 0 Å². The van der Waals surface area contributed by atoms with Gasteiger partial charge in [0.25, 0.3) is 0 Å². The Morgan fingerprint density at radius 2 is 1.70 bits per heavy atom. The maximum atomic E-state index is 12.8. The van der Waals surface area contributed by atoms with Gasteiger partial charge < -0.3 is 9.64 Å². The molecule has 0 spiro atoms. The first-order chi connectivity index (χ1) is 14.2. The van der Waals surface area contributed by atoms with Crippen molar-refractivity contribution >= 4 is 21.7 Å². The van der Waals surface area contributed by atoms with E-state index in [1.54, 1.807) is 7.05 Å². The van der Waals surface area contributed by atoms with Gasteiger partial charge in [0, 0.05) is 32.1 Å². The molecule has 0 aliphatic heterocycles. The molecule has 0 unspecified atom stereocenters. The summed E-state index contributed by atoms with van der Waals surface area (Å²) < 4.78 is 45.2. The predicted octanol–water partition coefficient (Wildman–Crippen LogP) is 2.62. The number of carbonyl (C=O) groups excluding carboxylic acids is 2. The smallest absolute Gasteiger partial charge is 0.240 e. The molecule has 30 heavy (non-hydrogen) atoms. The Morgan fingerprint density at radius 3 is 2.30 bits per heavy atom. The number of ether oxygens (including phenoxy) is 1. The van der Waals surface area contributed by atoms with Gasteiger partial charge in [-0.1, -0.05) is 12.1 Å². The van der Waals surface area contributed by atoms with Crippen molar-refractivity contribution in [2.45, 2.75) is 24.7 Å². The van der Waals surface area contributed by atoms with E-state index in [-0.39, 0.29) is 35.4 Å². The van der Waals surface area contributed by atoms with Crippen LogP contribution in [0.1, 0.15) is 30.1 Å². The number of ketones is 1. The number of nitrogens with one attached hydrogen (secondary N) is 1. The van der Waals surface area contributed by atoms with Gasteiger partial charge in [-0.25, -0.2) is 17.5 Å². The van der Waals surface area contributed by atoms with Crippen LogP contribution in [-0.2, 0) is 14.8 Å². The van der Waals surface area contributed by atoms with Crippen LogP contribution in [-0.4, -0.2) is 51.8 Å². The van der Waals surface area contributed by atoms with E-state index in [1.807, 2.05) is 0 Å². The number of amides is 1. The number of rotatable bonds is 11. The Labute approximate surface area is 175 Å². The number of benzene rings is 2. The van der Waals surface area contributed by atoms with Gasteiger partial charge in [0.1, 0.15) is 11.6 Å². The quantitative estimate of drug-likeness (QED) is 0.432. The summed E-state index contributed by atoms with van der Waals surface area (Å²) >= 11 is 0. The lowest BCUT2D eigenvalue weighted by molar-refractivity contribution is -0.129. The van der Waals surface area contributed by atoms with E-state index in [0.29, 0.717) is 30.9 Å². The summed E-state index contributed by atoms with van der Waals surface area (Å²) in [7, 11) is -2.12. The first-order valence-corrected chi connectivity index (χ1v) is 10.9. The summed E-state index contributed by atoms with van der Waals surface area (Å²) in [6.45, 7) is 2.18. The van der Waals surface area contributed by atoms with Gasteiger partial charge in [-0.15, -0.1) is 0 Å². The largest absolute Gasteiger partial charge is 0.494 e. The maximum Gasteiger partial charge on any atom is 0.240 e. The van der Waals surface area contributed by atoms with Crippen molar-refractivity contribution in [2.75, 3.05) is 26.7 Å². The molecule has 0 fully saturated rings. The zero-order valence-corrected chi connectivity index (χ0v) is 17.7. The van der Waals surface area contributed by atoms with E-state index in [0.717, 1.165) is 0 Å². The number of halogens is 1. The molecule has 0 radical (unpaired) electrons. The number of carbonyl (C=O) groups is 2. The van der Waals surface area contributed by atoms with E-state index < -0.39 is 10.0 Å². The Hall–Kier alpha value is -2.78. The minimum atomic E-state index is -3.76. The second-order valence-electron chi connectivity index (χ2n) is 6.70. The normalized spacial score (nSPS) is 11.2. The van der Waals surface area contributed by atoms with Crippen LogP contribution < -0.4 is 9.46 Å². The highest BCUT2D eigenvalue weighted by Crippen LogP contribution is 2.12. The van der Waals surface area contributed by atoms with Crippen LogP contribution in [0.4, 0.5) is 4.39 Å². The zero-order valence-electron chi connectivity index (χ0n) is 16.9. The molecule has 7 nitrogen and oxygen atoms in total. The van der Waals surface area contributed by atoms with E-state index >= 15 is 0 Å². The summed E-state index contributed by atoms with van der Waals surface area (Å²) in [5, 5.41) is 0. The topological polar surface area (TPSA) is 92.8 Å². The molecule has 9 heteroatoms.